The number of rotatable bonds is 20. The third kappa shape index (κ3) is 30.6. The Morgan fingerprint density at radius 1 is 0.391 bits per heavy atom. The zero-order valence-electron chi connectivity index (χ0n) is 64.1. The smallest absolute Gasteiger partial charge is 0.488 e. The Kier molecular flexibility index (Phi) is 39.5. The molecule has 12 aromatic carbocycles. The Morgan fingerprint density at radius 2 is 0.704 bits per heavy atom. The fourth-order valence-corrected chi connectivity index (χ4v) is 12.5. The molecule has 0 bridgehead atoms. The van der Waals surface area contributed by atoms with Crippen molar-refractivity contribution in [3.8, 4) is 62.1 Å². The molecule has 12 aromatic rings. The lowest BCUT2D eigenvalue weighted by Gasteiger charge is -2.13. The molecule has 0 aliphatic carbocycles. The number of carbonyl (C=O) groups excluding carboxylic acids is 4. The minimum atomic E-state index is -1.51. The van der Waals surface area contributed by atoms with E-state index >= 15 is 0 Å². The van der Waals surface area contributed by atoms with E-state index in [1.54, 1.807) is 128 Å². The van der Waals surface area contributed by atoms with Crippen LogP contribution >= 0.6 is 80.2 Å². The molecule has 598 valence electrons. The third-order valence-electron chi connectivity index (χ3n) is 16.7. The van der Waals surface area contributed by atoms with Crippen LogP contribution in [0.3, 0.4) is 0 Å². The van der Waals surface area contributed by atoms with Crippen molar-refractivity contribution in [2.24, 2.45) is 0 Å². The standard InChI is InChI=1S/C22H21NO4.C22H21NO2.C15H15NO2.C8H9BO3.C7H6INO3.C7H8INO.C6H6INO2.ClH/c1-15(24)18-4-3-5-19(14-18)21-13-17(8-11-22(21)27-2)12-16-6-9-20(10-7-16)23(25)26;1-15(24)18-4-3-5-19(14-18)21-13-17(8-11-22(21)25-2)12-16-6-9-20(23)10-7-16;1-10(17)11-4-3-5-12(8-11)14-9-13(16)6-7-15(14)18-2;1-6(10)7-3-2-4-8(5-7)9(11)12;1-12-7-3-2-5(9(10)11)4-6(7)8;1-10-7-3-2-5(9)4-6(7)8;7-5-1-3-6(4-2-5)8(9)10;/h3-11,13-14,23,25H,12H2,1-2H3;3-11,13-14H,12,23H2,1-2H3;3-9H,16H2,1-2H3;2-5,11-12H,1H3;2-4H,1H3;2-4H,9H2,1H3;1-4,8-9H;1H. The molecule has 0 spiro atoms. The summed E-state index contributed by atoms with van der Waals surface area (Å²) in [6, 6.07) is 77.9. The van der Waals surface area contributed by atoms with Crippen molar-refractivity contribution in [3.05, 3.63) is 337 Å². The average Bonchev–Trinajstić information content (AvgIpc) is 0.824. The van der Waals surface area contributed by atoms with Gasteiger partial charge in [-0.1, -0.05) is 115 Å². The van der Waals surface area contributed by atoms with Gasteiger partial charge in [0.1, 0.15) is 28.7 Å². The zero-order chi connectivity index (χ0) is 83.7. The molecule has 0 amide bonds. The highest BCUT2D eigenvalue weighted by Crippen LogP contribution is 2.36. The second-order valence-corrected chi connectivity index (χ2v) is 28.4. The SMILES string of the molecule is CC(=O)c1cccc(B(O)O)c1.COc1ccc(Cc2ccc(N)cc2)cc1-c1cccc(C(C)=O)c1.COc1ccc(Cc2ccc([NH+]([O-])O)cc2)cc1-c1cccc(C(C)=O)c1.COc1ccc(N)cc1-c1cccc(C(C)=O)c1.COc1ccc(N)cc1I.COc1ccc([N+](=O)[O-])cc1I.Cl.[O-][NH+](O)c1ccc(I)cc1. The van der Waals surface area contributed by atoms with Gasteiger partial charge in [0.2, 0.25) is 0 Å². The van der Waals surface area contributed by atoms with Gasteiger partial charge in [-0.15, -0.1) is 12.4 Å². The lowest BCUT2D eigenvalue weighted by atomic mass is 9.79. The number of hydrogen-bond acceptors (Lipinski definition) is 20. The summed E-state index contributed by atoms with van der Waals surface area (Å²) >= 11 is 6.30. The van der Waals surface area contributed by atoms with Crippen molar-refractivity contribution < 1.29 is 78.7 Å². The predicted molar refractivity (Wildman–Crippen MR) is 479 cm³/mol. The molecule has 2 unspecified atom stereocenters. The molecule has 115 heavy (non-hydrogen) atoms. The van der Waals surface area contributed by atoms with E-state index < -0.39 is 22.5 Å². The van der Waals surface area contributed by atoms with Gasteiger partial charge in [0.15, 0.2) is 34.5 Å². The van der Waals surface area contributed by atoms with Crippen molar-refractivity contribution in [1.29, 1.82) is 0 Å². The number of nitrogens with one attached hydrogen (secondary N) is 2. The Balaban J connectivity index is 0.000000248. The Hall–Kier alpha value is -10.7. The van der Waals surface area contributed by atoms with Crippen LogP contribution in [0.2, 0.25) is 0 Å². The number of anilines is 3. The summed E-state index contributed by atoms with van der Waals surface area (Å²) in [6.07, 6.45) is 1.48. The van der Waals surface area contributed by atoms with Crippen molar-refractivity contribution in [3.63, 3.8) is 0 Å². The lowest BCUT2D eigenvalue weighted by Crippen LogP contribution is -2.99. The molecule has 12 rings (SSSR count). The van der Waals surface area contributed by atoms with Crippen LogP contribution in [0.15, 0.2) is 261 Å². The molecule has 0 aliphatic rings. The number of ether oxygens (including phenoxy) is 5. The number of nitrogens with zero attached hydrogens (tertiary/aromatic N) is 1. The molecule has 0 fully saturated rings. The minimum Gasteiger partial charge on any atom is -0.595 e. The second-order valence-electron chi connectivity index (χ2n) is 24.9. The minimum absolute atomic E-state index is 0. The Bertz CT molecular complexity index is 5220. The molecule has 0 aliphatic heterocycles. The first-order chi connectivity index (χ1) is 54.3. The summed E-state index contributed by atoms with van der Waals surface area (Å²) in [5.41, 5.74) is 32.9. The Labute approximate surface area is 714 Å². The van der Waals surface area contributed by atoms with Crippen LogP contribution in [-0.2, 0) is 12.8 Å². The van der Waals surface area contributed by atoms with E-state index in [0.717, 1.165) is 96.0 Å². The molecule has 23 nitrogen and oxygen atoms in total. The van der Waals surface area contributed by atoms with Crippen molar-refractivity contribution >= 4 is 150 Å². The highest BCUT2D eigenvalue weighted by Gasteiger charge is 2.16. The average molecular weight is 1920 g/mol. The van der Waals surface area contributed by atoms with Gasteiger partial charge >= 0.3 is 7.12 Å². The number of nitrogens with two attached hydrogens (primary N) is 3. The van der Waals surface area contributed by atoms with Crippen LogP contribution in [-0.4, -0.2) is 91.2 Å². The van der Waals surface area contributed by atoms with Gasteiger partial charge in [0, 0.05) is 96.0 Å². The number of halogens is 4. The number of nitro benzene ring substituents is 1. The lowest BCUT2D eigenvalue weighted by molar-refractivity contribution is -0.991. The van der Waals surface area contributed by atoms with Gasteiger partial charge in [-0.05, 0) is 262 Å². The summed E-state index contributed by atoms with van der Waals surface area (Å²) in [7, 11) is 6.57. The maximum Gasteiger partial charge on any atom is 0.488 e. The molecule has 0 aromatic heterocycles. The monoisotopic (exact) mass is 1910 g/mol. The number of quaternary nitrogens is 2. The second kappa shape index (κ2) is 47.9. The van der Waals surface area contributed by atoms with Gasteiger partial charge in [-0.25, -0.2) is 10.4 Å². The summed E-state index contributed by atoms with van der Waals surface area (Å²) < 4.78 is 29.1. The van der Waals surface area contributed by atoms with Crippen LogP contribution in [0, 0.1) is 31.2 Å². The maximum absolute atomic E-state index is 11.7. The molecule has 0 radical (unpaired) electrons. The quantitative estimate of drug-likeness (QED) is 0.00854. The van der Waals surface area contributed by atoms with Crippen LogP contribution in [0.25, 0.3) is 33.4 Å². The van der Waals surface area contributed by atoms with Gasteiger partial charge in [0.25, 0.3) is 5.69 Å². The number of Topliss-reactive ketones (excluding diaryl/α,β-unsaturated/α-hetero) is 4. The number of hydrogen-bond donors (Lipinski definition) is 9. The first-order valence-electron chi connectivity index (χ1n) is 34.7. The van der Waals surface area contributed by atoms with E-state index in [0.29, 0.717) is 51.3 Å². The van der Waals surface area contributed by atoms with E-state index in [1.807, 2.05) is 174 Å². The van der Waals surface area contributed by atoms with Crippen molar-refractivity contribution in [2.45, 2.75) is 40.5 Å². The molecule has 28 heteroatoms. The van der Waals surface area contributed by atoms with E-state index in [9.17, 15) is 39.7 Å². The van der Waals surface area contributed by atoms with E-state index in [4.69, 9.17) is 61.3 Å². The summed E-state index contributed by atoms with van der Waals surface area (Å²) in [4.78, 5) is 55.5. The van der Waals surface area contributed by atoms with Gasteiger partial charge < -0.3 is 61.3 Å². The molecule has 2 atom stereocenters. The molecular weight excluding hydrogens is 1830 g/mol. The van der Waals surface area contributed by atoms with Crippen molar-refractivity contribution in [1.82, 2.24) is 0 Å². The molecule has 0 saturated heterocycles. The predicted octanol–water partition coefficient (Wildman–Crippen LogP) is 16.2. The van der Waals surface area contributed by atoms with Crippen LogP contribution < -0.4 is 56.8 Å². The largest absolute Gasteiger partial charge is 0.595 e. The van der Waals surface area contributed by atoms with E-state index in [2.05, 4.69) is 57.3 Å². The maximum atomic E-state index is 11.7. The third-order valence-corrected chi connectivity index (χ3v) is 19.1. The van der Waals surface area contributed by atoms with Crippen LogP contribution in [0.4, 0.5) is 34.1 Å². The van der Waals surface area contributed by atoms with Crippen LogP contribution in [0.5, 0.6) is 28.7 Å². The summed E-state index contributed by atoms with van der Waals surface area (Å²) in [5, 5.41) is 64.8. The highest BCUT2D eigenvalue weighted by molar-refractivity contribution is 14.1. The van der Waals surface area contributed by atoms with Gasteiger partial charge in [-0.3, -0.25) is 29.3 Å². The first-order valence-corrected chi connectivity index (χ1v) is 37.9. The number of nitro groups is 1. The van der Waals surface area contributed by atoms with Gasteiger partial charge in [-0.2, -0.15) is 10.5 Å². The molecule has 0 heterocycles. The van der Waals surface area contributed by atoms with Crippen molar-refractivity contribution in [2.75, 3.05) is 52.7 Å². The zero-order valence-corrected chi connectivity index (χ0v) is 71.4. The summed E-state index contributed by atoms with van der Waals surface area (Å²) in [6.45, 7) is 6.11. The highest BCUT2D eigenvalue weighted by atomic mass is 127. The number of nitrogen functional groups attached to an aromatic ring is 3. The van der Waals surface area contributed by atoms with E-state index in [-0.39, 0.29) is 46.9 Å². The normalized spacial score (nSPS) is 10.6. The fourth-order valence-electron chi connectivity index (χ4n) is 10.7. The fraction of sp³-hybridized carbons (Fsp3) is 0.126. The topological polar surface area (TPSA) is 372 Å². The summed E-state index contributed by atoms with van der Waals surface area (Å²) in [5.74, 6) is 3.82. The number of ketones is 4. The number of methoxy groups -OCH3 is 5. The number of carbonyl (C=O) groups is 4. The molecular formula is C87H87BClI3N6O17. The molecule has 0 saturated carbocycles. The van der Waals surface area contributed by atoms with Crippen LogP contribution in [0.1, 0.15) is 91.4 Å². The van der Waals surface area contributed by atoms with E-state index in [1.165, 1.54) is 43.4 Å². The number of non-ortho nitro benzene ring substituents is 1. The Morgan fingerprint density at radius 3 is 1.06 bits per heavy atom. The number of benzene rings is 12. The van der Waals surface area contributed by atoms with Gasteiger partial charge in [0.05, 0.1) is 47.6 Å². The molecule has 12 N–H and O–H groups in total. The first kappa shape index (κ1) is 94.9.